The molecule has 0 amide bonds. The summed E-state index contributed by atoms with van der Waals surface area (Å²) in [5, 5.41) is 10.2. The van der Waals surface area contributed by atoms with Crippen LogP contribution in [0.25, 0.3) is 11.1 Å². The van der Waals surface area contributed by atoms with Crippen molar-refractivity contribution in [3.63, 3.8) is 0 Å². The van der Waals surface area contributed by atoms with Gasteiger partial charge in [0.15, 0.2) is 23.2 Å². The predicted octanol–water partition coefficient (Wildman–Crippen LogP) is 8.44. The van der Waals surface area contributed by atoms with E-state index < -0.39 is 35.4 Å². The lowest BCUT2D eigenvalue weighted by Gasteiger charge is -2.28. The van der Waals surface area contributed by atoms with Gasteiger partial charge in [-0.1, -0.05) is 55.8 Å². The van der Waals surface area contributed by atoms with Crippen LogP contribution in [0.1, 0.15) is 75.0 Å². The number of aliphatic hydroxyl groups excluding tert-OH is 1. The second kappa shape index (κ2) is 13.7. The molecule has 0 radical (unpaired) electrons. The molecule has 7 heteroatoms. The van der Waals surface area contributed by atoms with E-state index in [-0.39, 0.29) is 23.0 Å². The Morgan fingerprint density at radius 2 is 1.75 bits per heavy atom. The maximum atomic E-state index is 15.2. The Balaban J connectivity index is 1.36. The van der Waals surface area contributed by atoms with Gasteiger partial charge in [0, 0.05) is 11.6 Å². The molecule has 0 saturated heterocycles. The van der Waals surface area contributed by atoms with Gasteiger partial charge in [0.2, 0.25) is 0 Å². The van der Waals surface area contributed by atoms with Crippen molar-refractivity contribution in [1.29, 1.82) is 0 Å². The quantitative estimate of drug-likeness (QED) is 0.112. The third kappa shape index (κ3) is 6.94. The number of halogens is 3. The first-order valence-corrected chi connectivity index (χ1v) is 13.8. The van der Waals surface area contributed by atoms with Crippen molar-refractivity contribution in [1.82, 2.24) is 0 Å². The molecule has 1 aliphatic carbocycles. The van der Waals surface area contributed by atoms with Gasteiger partial charge >= 0.3 is 5.97 Å². The van der Waals surface area contributed by atoms with E-state index in [1.165, 1.54) is 12.1 Å². The summed E-state index contributed by atoms with van der Waals surface area (Å²) in [4.78, 5) is 12.7. The van der Waals surface area contributed by atoms with Crippen LogP contribution in [0.3, 0.4) is 0 Å². The van der Waals surface area contributed by atoms with Crippen LogP contribution in [0.4, 0.5) is 13.2 Å². The van der Waals surface area contributed by atoms with Crippen molar-refractivity contribution in [3.05, 3.63) is 95.8 Å². The minimum absolute atomic E-state index is 0.0743. The first-order valence-electron chi connectivity index (χ1n) is 13.8. The van der Waals surface area contributed by atoms with Crippen molar-refractivity contribution in [2.24, 2.45) is 5.92 Å². The van der Waals surface area contributed by atoms with Gasteiger partial charge in [-0.3, -0.25) is 4.79 Å². The van der Waals surface area contributed by atoms with E-state index in [0.717, 1.165) is 18.1 Å². The highest BCUT2D eigenvalue weighted by Crippen LogP contribution is 2.39. The van der Waals surface area contributed by atoms with Crippen LogP contribution < -0.4 is 9.47 Å². The van der Waals surface area contributed by atoms with Gasteiger partial charge in [-0.15, -0.1) is 6.58 Å². The molecule has 3 aromatic carbocycles. The van der Waals surface area contributed by atoms with Crippen molar-refractivity contribution < 1.29 is 32.5 Å². The van der Waals surface area contributed by atoms with Crippen LogP contribution in [0, 0.1) is 23.4 Å². The number of carbonyl (C=O) groups is 1. The highest BCUT2D eigenvalue weighted by molar-refractivity contribution is 5.75. The fourth-order valence-corrected chi connectivity index (χ4v) is 5.18. The number of carbonyl (C=O) groups excluding carboxylic acids is 1. The van der Waals surface area contributed by atoms with E-state index in [1.54, 1.807) is 42.5 Å². The van der Waals surface area contributed by atoms with E-state index in [1.807, 2.05) is 6.92 Å². The third-order valence-corrected chi connectivity index (χ3v) is 7.48. The zero-order valence-corrected chi connectivity index (χ0v) is 22.7. The Labute approximate surface area is 233 Å². The fraction of sp³-hybridized carbons (Fsp3) is 0.364. The van der Waals surface area contributed by atoms with Crippen molar-refractivity contribution in [3.8, 4) is 22.6 Å². The molecule has 1 unspecified atom stereocenters. The second-order valence-electron chi connectivity index (χ2n) is 10.2. The normalized spacial score (nSPS) is 17.7. The molecule has 3 aromatic rings. The maximum absolute atomic E-state index is 15.2. The number of hydrogen-bond acceptors (Lipinski definition) is 4. The van der Waals surface area contributed by atoms with Gasteiger partial charge in [0.05, 0.1) is 18.6 Å². The minimum Gasteiger partial charge on any atom is -0.490 e. The van der Waals surface area contributed by atoms with Crippen LogP contribution in [-0.2, 0) is 4.79 Å². The average molecular weight is 553 g/mol. The standard InChI is InChI=1S/C33H35F3O4/c1-3-5-19-39-30-18-15-25(20-28(30)34)40-33(38)24-13-9-22(10-14-24)27-17-16-26(31(35)32(27)36)21-7-11-23(12-8-21)29(37)6-4-2/h3,7-8,11-12,15-18,20,22,24,29,37H,1,4-6,9-10,13-14,19H2,2H3. The van der Waals surface area contributed by atoms with Crippen LogP contribution in [0.2, 0.25) is 0 Å². The fourth-order valence-electron chi connectivity index (χ4n) is 5.18. The van der Waals surface area contributed by atoms with Gasteiger partial charge in [0.1, 0.15) is 5.75 Å². The molecule has 4 nitrogen and oxygen atoms in total. The molecule has 0 heterocycles. The first-order chi connectivity index (χ1) is 19.3. The number of rotatable bonds is 11. The van der Waals surface area contributed by atoms with Crippen LogP contribution in [0.5, 0.6) is 11.5 Å². The highest BCUT2D eigenvalue weighted by Gasteiger charge is 2.31. The molecule has 40 heavy (non-hydrogen) atoms. The molecule has 1 aliphatic rings. The van der Waals surface area contributed by atoms with Crippen molar-refractivity contribution in [2.75, 3.05) is 6.61 Å². The molecule has 0 aliphatic heterocycles. The maximum Gasteiger partial charge on any atom is 0.314 e. The molecule has 0 spiro atoms. The Bertz CT molecular complexity index is 1310. The zero-order valence-electron chi connectivity index (χ0n) is 22.7. The summed E-state index contributed by atoms with van der Waals surface area (Å²) in [6.45, 7) is 5.87. The molecule has 212 valence electrons. The lowest BCUT2D eigenvalue weighted by molar-refractivity contribution is -0.140. The summed E-state index contributed by atoms with van der Waals surface area (Å²) < 4.78 is 55.3. The molecular weight excluding hydrogens is 517 g/mol. The van der Waals surface area contributed by atoms with Gasteiger partial charge < -0.3 is 14.6 Å². The van der Waals surface area contributed by atoms with Crippen LogP contribution in [-0.4, -0.2) is 17.7 Å². The third-order valence-electron chi connectivity index (χ3n) is 7.48. The monoisotopic (exact) mass is 552 g/mol. The summed E-state index contributed by atoms with van der Waals surface area (Å²) in [6, 6.07) is 14.1. The van der Waals surface area contributed by atoms with Crippen LogP contribution in [0.15, 0.2) is 67.3 Å². The Morgan fingerprint density at radius 3 is 2.40 bits per heavy atom. The molecule has 1 atom stereocenters. The minimum atomic E-state index is -0.903. The van der Waals surface area contributed by atoms with E-state index in [4.69, 9.17) is 9.47 Å². The Kier molecular flexibility index (Phi) is 10.0. The van der Waals surface area contributed by atoms with E-state index >= 15 is 8.78 Å². The number of ether oxygens (including phenoxy) is 2. The van der Waals surface area contributed by atoms with E-state index in [9.17, 15) is 14.3 Å². The SMILES string of the molecule is C=CCCOc1ccc(OC(=O)C2CCC(c3ccc(-c4ccc(C(O)CCC)cc4)c(F)c3F)CC2)cc1F. The lowest BCUT2D eigenvalue weighted by Crippen LogP contribution is -2.25. The highest BCUT2D eigenvalue weighted by atomic mass is 19.2. The van der Waals surface area contributed by atoms with Gasteiger partial charge in [-0.25, -0.2) is 13.2 Å². The van der Waals surface area contributed by atoms with E-state index in [2.05, 4.69) is 6.58 Å². The van der Waals surface area contributed by atoms with Crippen molar-refractivity contribution in [2.45, 2.75) is 63.9 Å². The molecule has 0 bridgehead atoms. The molecular formula is C33H35F3O4. The summed E-state index contributed by atoms with van der Waals surface area (Å²) in [7, 11) is 0. The predicted molar refractivity (Wildman–Crippen MR) is 149 cm³/mol. The number of esters is 1. The summed E-state index contributed by atoms with van der Waals surface area (Å²) in [5.41, 5.74) is 1.75. The number of aliphatic hydroxyl groups is 1. The smallest absolute Gasteiger partial charge is 0.314 e. The summed E-state index contributed by atoms with van der Waals surface area (Å²) in [5.74, 6) is -3.32. The average Bonchev–Trinajstić information content (AvgIpc) is 2.96. The molecule has 1 N–H and O–H groups in total. The molecule has 4 rings (SSSR count). The van der Waals surface area contributed by atoms with Gasteiger partial charge in [-0.05, 0) is 73.3 Å². The topological polar surface area (TPSA) is 55.8 Å². The van der Waals surface area contributed by atoms with Gasteiger partial charge in [0.25, 0.3) is 0 Å². The first kappa shape index (κ1) is 29.4. The van der Waals surface area contributed by atoms with Crippen molar-refractivity contribution >= 4 is 5.97 Å². The van der Waals surface area contributed by atoms with Gasteiger partial charge in [-0.2, -0.15) is 0 Å². The zero-order chi connectivity index (χ0) is 28.6. The molecule has 0 aromatic heterocycles. The Morgan fingerprint density at radius 1 is 1.02 bits per heavy atom. The second-order valence-corrected chi connectivity index (χ2v) is 10.2. The Hall–Kier alpha value is -3.58. The molecule has 1 fully saturated rings. The summed E-state index contributed by atoms with van der Waals surface area (Å²) >= 11 is 0. The lowest BCUT2D eigenvalue weighted by atomic mass is 9.78. The summed E-state index contributed by atoms with van der Waals surface area (Å²) in [6.07, 6.45) is 5.07. The number of benzene rings is 3. The number of hydrogen-bond donors (Lipinski definition) is 1. The molecule has 1 saturated carbocycles. The van der Waals surface area contributed by atoms with E-state index in [0.29, 0.717) is 56.3 Å². The largest absolute Gasteiger partial charge is 0.490 e. The van der Waals surface area contributed by atoms with Crippen LogP contribution >= 0.6 is 0 Å².